The highest BCUT2D eigenvalue weighted by Crippen LogP contribution is 2.19. The highest BCUT2D eigenvalue weighted by molar-refractivity contribution is 7.85. The molecule has 1 aromatic carbocycles. The maximum absolute atomic E-state index is 10.9. The van der Waals surface area contributed by atoms with Gasteiger partial charge in [-0.1, -0.05) is 13.0 Å². The lowest BCUT2D eigenvalue weighted by atomic mass is 10.2. The van der Waals surface area contributed by atoms with E-state index in [1.165, 1.54) is 18.2 Å². The maximum Gasteiger partial charge on any atom is 0.294 e. The zero-order valence-electron chi connectivity index (χ0n) is 9.85. The first-order chi connectivity index (χ1) is 8.47. The summed E-state index contributed by atoms with van der Waals surface area (Å²) in [6, 6.07) is 5.28. The van der Waals surface area contributed by atoms with E-state index in [0.717, 1.165) is 6.29 Å². The Hall–Kier alpha value is -1.60. The SMILES string of the molecule is CCC(CC=O)N=Nc1cccc(S(=O)(=O)O)c1. The van der Waals surface area contributed by atoms with Crippen LogP contribution in [0.4, 0.5) is 5.69 Å². The van der Waals surface area contributed by atoms with Gasteiger partial charge >= 0.3 is 0 Å². The van der Waals surface area contributed by atoms with Gasteiger partial charge in [-0.2, -0.15) is 18.6 Å². The summed E-state index contributed by atoms with van der Waals surface area (Å²) in [5.74, 6) is 0. The van der Waals surface area contributed by atoms with Gasteiger partial charge in [-0.15, -0.1) is 0 Å². The number of aldehydes is 1. The number of rotatable bonds is 6. The number of nitrogens with zero attached hydrogens (tertiary/aromatic N) is 2. The fourth-order valence-corrected chi connectivity index (χ4v) is 1.78. The number of hydrogen-bond acceptors (Lipinski definition) is 5. The van der Waals surface area contributed by atoms with Gasteiger partial charge in [0.2, 0.25) is 0 Å². The average Bonchev–Trinajstić information content (AvgIpc) is 2.34. The molecule has 0 fully saturated rings. The van der Waals surface area contributed by atoms with E-state index >= 15 is 0 Å². The lowest BCUT2D eigenvalue weighted by molar-refractivity contribution is -0.108. The Bertz CT molecular complexity index is 540. The van der Waals surface area contributed by atoms with Crippen LogP contribution >= 0.6 is 0 Å². The van der Waals surface area contributed by atoms with E-state index in [4.69, 9.17) is 4.55 Å². The highest BCUT2D eigenvalue weighted by Gasteiger charge is 2.09. The van der Waals surface area contributed by atoms with Gasteiger partial charge in [-0.05, 0) is 24.6 Å². The normalized spacial score (nSPS) is 13.7. The lowest BCUT2D eigenvalue weighted by Crippen LogP contribution is -2.01. The van der Waals surface area contributed by atoms with Crippen LogP contribution in [0.15, 0.2) is 39.4 Å². The van der Waals surface area contributed by atoms with Crippen LogP contribution in [-0.4, -0.2) is 25.3 Å². The third-order valence-corrected chi connectivity index (χ3v) is 3.14. The average molecular weight is 270 g/mol. The number of benzene rings is 1. The van der Waals surface area contributed by atoms with Gasteiger partial charge in [-0.25, -0.2) is 0 Å². The van der Waals surface area contributed by atoms with Gasteiger partial charge in [0.05, 0.1) is 16.6 Å². The first-order valence-corrected chi connectivity index (χ1v) is 6.83. The molecule has 0 radical (unpaired) electrons. The molecular formula is C11H14N2O4S. The molecule has 1 aromatic rings. The van der Waals surface area contributed by atoms with Crippen molar-refractivity contribution in [1.82, 2.24) is 0 Å². The van der Waals surface area contributed by atoms with Crippen molar-refractivity contribution in [3.8, 4) is 0 Å². The molecule has 0 aliphatic rings. The Morgan fingerprint density at radius 3 is 2.72 bits per heavy atom. The van der Waals surface area contributed by atoms with E-state index in [9.17, 15) is 13.2 Å². The largest absolute Gasteiger partial charge is 0.303 e. The molecular weight excluding hydrogens is 256 g/mol. The summed E-state index contributed by atoms with van der Waals surface area (Å²) in [5, 5.41) is 7.80. The van der Waals surface area contributed by atoms with Crippen LogP contribution in [0.5, 0.6) is 0 Å². The summed E-state index contributed by atoms with van der Waals surface area (Å²) >= 11 is 0. The molecule has 0 aliphatic carbocycles. The second kappa shape index (κ2) is 6.36. The zero-order valence-corrected chi connectivity index (χ0v) is 10.7. The topological polar surface area (TPSA) is 96.2 Å². The van der Waals surface area contributed by atoms with Crippen molar-refractivity contribution >= 4 is 22.1 Å². The second-order valence-corrected chi connectivity index (χ2v) is 5.07. The van der Waals surface area contributed by atoms with E-state index in [-0.39, 0.29) is 17.4 Å². The van der Waals surface area contributed by atoms with E-state index in [1.807, 2.05) is 6.92 Å². The first kappa shape index (κ1) is 14.5. The summed E-state index contributed by atoms with van der Waals surface area (Å²) < 4.78 is 30.7. The van der Waals surface area contributed by atoms with Crippen LogP contribution in [-0.2, 0) is 14.9 Å². The number of hydrogen-bond donors (Lipinski definition) is 1. The maximum atomic E-state index is 10.9. The zero-order chi connectivity index (χ0) is 13.6. The molecule has 0 bridgehead atoms. The minimum Gasteiger partial charge on any atom is -0.303 e. The fraction of sp³-hybridized carbons (Fsp3) is 0.364. The highest BCUT2D eigenvalue weighted by atomic mass is 32.2. The van der Waals surface area contributed by atoms with Crippen LogP contribution in [0.2, 0.25) is 0 Å². The Balaban J connectivity index is 2.91. The number of azo groups is 1. The van der Waals surface area contributed by atoms with Gasteiger partial charge in [-0.3, -0.25) is 4.55 Å². The summed E-state index contributed by atoms with van der Waals surface area (Å²) in [7, 11) is -4.24. The summed E-state index contributed by atoms with van der Waals surface area (Å²) in [6.07, 6.45) is 1.71. The Kier molecular flexibility index (Phi) is 5.11. The quantitative estimate of drug-likeness (QED) is 0.487. The van der Waals surface area contributed by atoms with Crippen molar-refractivity contribution in [3.63, 3.8) is 0 Å². The smallest absolute Gasteiger partial charge is 0.294 e. The molecule has 0 saturated carbocycles. The van der Waals surface area contributed by atoms with Gasteiger partial charge in [0.15, 0.2) is 0 Å². The molecule has 0 aromatic heterocycles. The van der Waals surface area contributed by atoms with Gasteiger partial charge < -0.3 is 4.79 Å². The molecule has 0 amide bonds. The molecule has 0 heterocycles. The molecule has 7 heteroatoms. The number of carbonyl (C=O) groups excluding carboxylic acids is 1. The second-order valence-electron chi connectivity index (χ2n) is 3.65. The van der Waals surface area contributed by atoms with Gasteiger partial charge in [0.25, 0.3) is 10.1 Å². The van der Waals surface area contributed by atoms with Gasteiger partial charge in [0, 0.05) is 6.42 Å². The molecule has 1 rings (SSSR count). The molecule has 1 atom stereocenters. The molecule has 98 valence electrons. The Morgan fingerprint density at radius 1 is 1.44 bits per heavy atom. The third-order valence-electron chi connectivity index (χ3n) is 2.29. The van der Waals surface area contributed by atoms with Gasteiger partial charge in [0.1, 0.15) is 6.29 Å². The van der Waals surface area contributed by atoms with Crippen molar-refractivity contribution in [3.05, 3.63) is 24.3 Å². The van der Waals surface area contributed by atoms with E-state index in [1.54, 1.807) is 6.07 Å². The van der Waals surface area contributed by atoms with E-state index in [0.29, 0.717) is 12.1 Å². The lowest BCUT2D eigenvalue weighted by Gasteiger charge is -2.03. The molecule has 1 N–H and O–H groups in total. The van der Waals surface area contributed by atoms with Crippen molar-refractivity contribution < 1.29 is 17.8 Å². The van der Waals surface area contributed by atoms with Crippen molar-refractivity contribution in [2.75, 3.05) is 0 Å². The fourth-order valence-electron chi connectivity index (χ4n) is 1.26. The van der Waals surface area contributed by atoms with Crippen molar-refractivity contribution in [2.24, 2.45) is 10.2 Å². The van der Waals surface area contributed by atoms with Crippen LogP contribution in [0.1, 0.15) is 19.8 Å². The van der Waals surface area contributed by atoms with Crippen LogP contribution in [0, 0.1) is 0 Å². The number of carbonyl (C=O) groups is 1. The standard InChI is InChI=1S/C11H14N2O4S/c1-2-9(6-7-14)12-13-10-4-3-5-11(8-10)18(15,16)17/h3-5,7-9H,2,6H2,1H3,(H,15,16,17). The van der Waals surface area contributed by atoms with Crippen molar-refractivity contribution in [1.29, 1.82) is 0 Å². The summed E-state index contributed by atoms with van der Waals surface area (Å²) in [4.78, 5) is 10.1. The molecule has 0 aliphatic heterocycles. The monoisotopic (exact) mass is 270 g/mol. The van der Waals surface area contributed by atoms with E-state index < -0.39 is 10.1 Å². The van der Waals surface area contributed by atoms with Crippen LogP contribution in [0.3, 0.4) is 0 Å². The van der Waals surface area contributed by atoms with E-state index in [2.05, 4.69) is 10.2 Å². The molecule has 1 unspecified atom stereocenters. The Morgan fingerprint density at radius 2 is 2.17 bits per heavy atom. The van der Waals surface area contributed by atoms with Crippen LogP contribution in [0.25, 0.3) is 0 Å². The minimum atomic E-state index is -4.24. The van der Waals surface area contributed by atoms with Crippen LogP contribution < -0.4 is 0 Å². The summed E-state index contributed by atoms with van der Waals surface area (Å²) in [6.45, 7) is 1.88. The predicted molar refractivity (Wildman–Crippen MR) is 65.5 cm³/mol. The molecule has 6 nitrogen and oxygen atoms in total. The minimum absolute atomic E-state index is 0.211. The molecule has 0 spiro atoms. The first-order valence-electron chi connectivity index (χ1n) is 5.39. The third kappa shape index (κ3) is 4.34. The van der Waals surface area contributed by atoms with Crippen molar-refractivity contribution in [2.45, 2.75) is 30.7 Å². The molecule has 0 saturated heterocycles. The molecule has 18 heavy (non-hydrogen) atoms. The predicted octanol–water partition coefficient (Wildman–Crippen LogP) is 2.38. The Labute approximate surface area is 105 Å². The summed E-state index contributed by atoms with van der Waals surface area (Å²) in [5.41, 5.74) is 0.314.